The van der Waals surface area contributed by atoms with E-state index in [-0.39, 0.29) is 0 Å². The summed E-state index contributed by atoms with van der Waals surface area (Å²) in [5.74, 6) is 0. The Hall–Kier alpha value is -1.34. The molecule has 0 amide bonds. The molecule has 0 aromatic carbocycles. The van der Waals surface area contributed by atoms with E-state index >= 15 is 0 Å². The van der Waals surface area contributed by atoms with Crippen molar-refractivity contribution in [1.82, 2.24) is 0 Å². The van der Waals surface area contributed by atoms with Gasteiger partial charge in [0.25, 0.3) is 0 Å². The molecule has 0 atom stereocenters. The Bertz CT molecular complexity index is 314. The van der Waals surface area contributed by atoms with Gasteiger partial charge in [-0.2, -0.15) is 0 Å². The molecule has 0 aromatic rings. The Labute approximate surface area is 93.4 Å². The lowest BCUT2D eigenvalue weighted by molar-refractivity contribution is 1.19. The molecule has 0 heterocycles. The predicted molar refractivity (Wildman–Crippen MR) is 69.7 cm³/mol. The van der Waals surface area contributed by atoms with Gasteiger partial charge < -0.3 is 5.73 Å². The summed E-state index contributed by atoms with van der Waals surface area (Å²) in [6.07, 6.45) is 13.6. The van der Waals surface area contributed by atoms with Crippen molar-refractivity contribution >= 4 is 0 Å². The van der Waals surface area contributed by atoms with Crippen molar-refractivity contribution in [1.29, 1.82) is 0 Å². The fraction of sp³-hybridized carbons (Fsp3) is 0.286. The Balaban J connectivity index is 0.000000921. The molecule has 15 heavy (non-hydrogen) atoms. The second-order valence-corrected chi connectivity index (χ2v) is 3.09. The summed E-state index contributed by atoms with van der Waals surface area (Å²) in [7, 11) is 1.50. The smallest absolute Gasteiger partial charge is 0.00915 e. The van der Waals surface area contributed by atoms with Crippen molar-refractivity contribution in [3.63, 3.8) is 0 Å². The molecule has 0 aliphatic heterocycles. The largest absolute Gasteiger partial charge is 0.333 e. The Morgan fingerprint density at radius 1 is 1.40 bits per heavy atom. The summed E-state index contributed by atoms with van der Waals surface area (Å²) in [6, 6.07) is 0. The third-order valence-electron chi connectivity index (χ3n) is 2.33. The van der Waals surface area contributed by atoms with Gasteiger partial charge in [-0.15, -0.1) is 0 Å². The molecule has 82 valence electrons. The van der Waals surface area contributed by atoms with Crippen LogP contribution < -0.4 is 5.73 Å². The van der Waals surface area contributed by atoms with Crippen molar-refractivity contribution in [2.75, 3.05) is 7.05 Å². The first kappa shape index (κ1) is 13.7. The molecule has 0 saturated heterocycles. The topological polar surface area (TPSA) is 26.0 Å². The van der Waals surface area contributed by atoms with E-state index in [1.807, 2.05) is 13.0 Å². The number of hydrogen-bond acceptors (Lipinski definition) is 1. The van der Waals surface area contributed by atoms with Crippen molar-refractivity contribution < 1.29 is 0 Å². The Kier molecular flexibility index (Phi) is 7.29. The third kappa shape index (κ3) is 4.13. The van der Waals surface area contributed by atoms with Gasteiger partial charge in [0.1, 0.15) is 0 Å². The highest BCUT2D eigenvalue weighted by Gasteiger charge is 2.01. The van der Waals surface area contributed by atoms with Gasteiger partial charge >= 0.3 is 0 Å². The van der Waals surface area contributed by atoms with Gasteiger partial charge in [0.2, 0.25) is 0 Å². The fourth-order valence-corrected chi connectivity index (χ4v) is 1.46. The zero-order chi connectivity index (χ0) is 11.7. The lowest BCUT2D eigenvalue weighted by Crippen LogP contribution is -1.89. The molecular weight excluding hydrogens is 182 g/mol. The first-order valence-electron chi connectivity index (χ1n) is 5.19. The van der Waals surface area contributed by atoms with Crippen LogP contribution in [0, 0.1) is 0 Å². The molecule has 0 spiro atoms. The van der Waals surface area contributed by atoms with E-state index < -0.39 is 0 Å². The molecule has 0 unspecified atom stereocenters. The summed E-state index contributed by atoms with van der Waals surface area (Å²) in [4.78, 5) is 0. The van der Waals surface area contributed by atoms with Crippen LogP contribution in [0.25, 0.3) is 0 Å². The molecule has 1 aliphatic carbocycles. The summed E-state index contributed by atoms with van der Waals surface area (Å²) < 4.78 is 0. The second kappa shape index (κ2) is 8.01. The van der Waals surface area contributed by atoms with Gasteiger partial charge in [-0.1, -0.05) is 43.0 Å². The van der Waals surface area contributed by atoms with E-state index in [1.165, 1.54) is 23.8 Å². The molecule has 0 fully saturated rings. The highest BCUT2D eigenvalue weighted by Crippen LogP contribution is 2.21. The van der Waals surface area contributed by atoms with Crippen LogP contribution >= 0.6 is 0 Å². The monoisotopic (exact) mass is 203 g/mol. The van der Waals surface area contributed by atoms with Crippen molar-refractivity contribution in [2.45, 2.75) is 20.3 Å². The molecule has 1 nitrogen and oxygen atoms in total. The number of nitrogens with two attached hydrogens (primary N) is 1. The van der Waals surface area contributed by atoms with Crippen molar-refractivity contribution in [3.8, 4) is 0 Å². The minimum Gasteiger partial charge on any atom is -0.333 e. The van der Waals surface area contributed by atoms with E-state index in [0.717, 1.165) is 6.42 Å². The van der Waals surface area contributed by atoms with Crippen LogP contribution in [0.2, 0.25) is 0 Å². The third-order valence-corrected chi connectivity index (χ3v) is 2.33. The molecule has 1 aliphatic rings. The fourth-order valence-electron chi connectivity index (χ4n) is 1.46. The quantitative estimate of drug-likeness (QED) is 0.683. The van der Waals surface area contributed by atoms with Gasteiger partial charge in [0.15, 0.2) is 0 Å². The summed E-state index contributed by atoms with van der Waals surface area (Å²) in [5.41, 5.74) is 8.45. The van der Waals surface area contributed by atoms with Crippen LogP contribution in [-0.4, -0.2) is 7.05 Å². The molecule has 0 aromatic heterocycles. The van der Waals surface area contributed by atoms with Crippen molar-refractivity contribution in [2.24, 2.45) is 5.73 Å². The van der Waals surface area contributed by atoms with Gasteiger partial charge in [-0.3, -0.25) is 0 Å². The van der Waals surface area contributed by atoms with Crippen LogP contribution in [0.1, 0.15) is 20.3 Å². The zero-order valence-electron chi connectivity index (χ0n) is 9.96. The molecule has 0 saturated carbocycles. The average Bonchev–Trinajstić information content (AvgIpc) is 2.34. The molecular formula is C14H21N. The van der Waals surface area contributed by atoms with Gasteiger partial charge in [0.05, 0.1) is 0 Å². The SMILES string of the molecule is C=CC(=C\C)/C(C)=C1\C=CC=CC1.CN. The molecule has 1 heteroatoms. The van der Waals surface area contributed by atoms with E-state index in [0.29, 0.717) is 0 Å². The highest BCUT2D eigenvalue weighted by molar-refractivity contribution is 5.46. The minimum atomic E-state index is 1.04. The second-order valence-electron chi connectivity index (χ2n) is 3.09. The van der Waals surface area contributed by atoms with Gasteiger partial charge in [0, 0.05) is 0 Å². The van der Waals surface area contributed by atoms with Gasteiger partial charge in [-0.25, -0.2) is 0 Å². The standard InChI is InChI=1S/C13H16.CH5N/c1-4-12(5-2)11(3)13-9-7-6-8-10-13;1-2/h4-9H,1,10H2,2-3H3;2H2,1H3/b12-5+,13-11+;. The Morgan fingerprint density at radius 3 is 2.47 bits per heavy atom. The normalized spacial score (nSPS) is 18.0. The van der Waals surface area contributed by atoms with Crippen LogP contribution in [0.15, 0.2) is 59.8 Å². The molecule has 0 radical (unpaired) electrons. The van der Waals surface area contributed by atoms with Crippen LogP contribution in [0.4, 0.5) is 0 Å². The van der Waals surface area contributed by atoms with Crippen LogP contribution in [-0.2, 0) is 0 Å². The van der Waals surface area contributed by atoms with E-state index in [1.54, 1.807) is 0 Å². The van der Waals surface area contributed by atoms with Crippen LogP contribution in [0.3, 0.4) is 0 Å². The summed E-state index contributed by atoms with van der Waals surface area (Å²) in [5, 5.41) is 0. The van der Waals surface area contributed by atoms with Crippen molar-refractivity contribution in [3.05, 3.63) is 59.8 Å². The maximum absolute atomic E-state index is 4.50. The van der Waals surface area contributed by atoms with Crippen LogP contribution in [0.5, 0.6) is 0 Å². The summed E-state index contributed by atoms with van der Waals surface area (Å²) in [6.45, 7) is 8.00. The first-order valence-corrected chi connectivity index (χ1v) is 5.19. The maximum atomic E-state index is 4.50. The average molecular weight is 203 g/mol. The van der Waals surface area contributed by atoms with E-state index in [2.05, 4.69) is 49.6 Å². The molecule has 1 rings (SSSR count). The van der Waals surface area contributed by atoms with Gasteiger partial charge in [-0.05, 0) is 44.0 Å². The Morgan fingerprint density at radius 2 is 2.07 bits per heavy atom. The zero-order valence-corrected chi connectivity index (χ0v) is 9.96. The summed E-state index contributed by atoms with van der Waals surface area (Å²) >= 11 is 0. The first-order chi connectivity index (χ1) is 7.29. The molecule has 2 N–H and O–H groups in total. The predicted octanol–water partition coefficient (Wildman–Crippen LogP) is 3.53. The molecule has 0 bridgehead atoms. The minimum absolute atomic E-state index is 1.04. The van der Waals surface area contributed by atoms with E-state index in [4.69, 9.17) is 0 Å². The highest BCUT2D eigenvalue weighted by atomic mass is 14.4. The number of allylic oxidation sites excluding steroid dienone is 9. The number of hydrogen-bond donors (Lipinski definition) is 1. The maximum Gasteiger partial charge on any atom is -0.00915 e. The number of rotatable bonds is 2. The lowest BCUT2D eigenvalue weighted by Gasteiger charge is -2.09. The lowest BCUT2D eigenvalue weighted by atomic mass is 9.96. The van der Waals surface area contributed by atoms with E-state index in [9.17, 15) is 0 Å².